The van der Waals surface area contributed by atoms with Gasteiger partial charge in [-0.15, -0.1) is 0 Å². The van der Waals surface area contributed by atoms with Crippen molar-refractivity contribution in [3.05, 3.63) is 75.4 Å². The van der Waals surface area contributed by atoms with E-state index in [-0.39, 0.29) is 23.6 Å². The Morgan fingerprint density at radius 1 is 1.10 bits per heavy atom. The van der Waals surface area contributed by atoms with Gasteiger partial charge in [-0.25, -0.2) is 4.68 Å². The van der Waals surface area contributed by atoms with Crippen molar-refractivity contribution in [3.63, 3.8) is 0 Å². The third-order valence-corrected chi connectivity index (χ3v) is 5.00. The lowest BCUT2D eigenvalue weighted by Gasteiger charge is -2.17. The minimum atomic E-state index is -0.456. The van der Waals surface area contributed by atoms with Crippen LogP contribution in [0.3, 0.4) is 0 Å². The van der Waals surface area contributed by atoms with Gasteiger partial charge in [0.05, 0.1) is 16.3 Å². The smallest absolute Gasteiger partial charge is 0.270 e. The number of aromatic nitrogens is 2. The van der Waals surface area contributed by atoms with E-state index < -0.39 is 4.92 Å². The largest absolute Gasteiger partial charge is 0.348 e. The Kier molecular flexibility index (Phi) is 5.98. The van der Waals surface area contributed by atoms with E-state index in [1.807, 2.05) is 20.8 Å². The van der Waals surface area contributed by atoms with Crippen molar-refractivity contribution in [1.82, 2.24) is 15.1 Å². The summed E-state index contributed by atoms with van der Waals surface area (Å²) in [7, 11) is 0. The van der Waals surface area contributed by atoms with E-state index in [0.29, 0.717) is 27.7 Å². The molecule has 0 aliphatic rings. The lowest BCUT2D eigenvalue weighted by molar-refractivity contribution is -0.384. The van der Waals surface area contributed by atoms with Crippen molar-refractivity contribution in [2.75, 3.05) is 0 Å². The number of hydrogen-bond donors (Lipinski definition) is 1. The Bertz CT molecular complexity index is 1030. The maximum Gasteiger partial charge on any atom is 0.270 e. The molecule has 0 saturated carbocycles. The number of benzene rings is 2. The van der Waals surface area contributed by atoms with Gasteiger partial charge in [-0.3, -0.25) is 14.9 Å². The first-order valence-electron chi connectivity index (χ1n) is 9.18. The van der Waals surface area contributed by atoms with Crippen molar-refractivity contribution < 1.29 is 9.72 Å². The first kappa shape index (κ1) is 20.5. The number of nitrogens with zero attached hydrogens (tertiary/aromatic N) is 3. The molecule has 1 aromatic heterocycles. The van der Waals surface area contributed by atoms with E-state index >= 15 is 0 Å². The summed E-state index contributed by atoms with van der Waals surface area (Å²) in [5, 5.41) is 19.0. The number of carbonyl (C=O) groups is 1. The zero-order chi connectivity index (χ0) is 21.1. The van der Waals surface area contributed by atoms with Gasteiger partial charge in [-0.05, 0) is 55.3 Å². The summed E-state index contributed by atoms with van der Waals surface area (Å²) in [5.74, 6) is 0.0295. The molecular formula is C21H21ClN4O3. The van der Waals surface area contributed by atoms with Gasteiger partial charge in [0.1, 0.15) is 5.69 Å². The summed E-state index contributed by atoms with van der Waals surface area (Å²) in [5.41, 5.74) is 2.26. The zero-order valence-electron chi connectivity index (χ0n) is 16.3. The first-order chi connectivity index (χ1) is 13.8. The summed E-state index contributed by atoms with van der Waals surface area (Å²) < 4.78 is 1.55. The van der Waals surface area contributed by atoms with Crippen molar-refractivity contribution in [2.24, 2.45) is 5.92 Å². The third-order valence-electron chi connectivity index (χ3n) is 4.75. The van der Waals surface area contributed by atoms with Crippen LogP contribution in [0.2, 0.25) is 5.02 Å². The maximum absolute atomic E-state index is 12.9. The Balaban J connectivity index is 2.04. The standard InChI is InChI=1S/C21H21ClN4O3/c1-13(2)14(3)23-21(27)20-12-19(15-4-8-18(9-5-15)26(28)29)24-25(20)17-10-6-16(22)7-11-17/h4-14H,1-3H3,(H,23,27)/t14-/m0/s1. The van der Waals surface area contributed by atoms with Crippen molar-refractivity contribution >= 4 is 23.2 Å². The van der Waals surface area contributed by atoms with E-state index in [4.69, 9.17) is 11.6 Å². The highest BCUT2D eigenvalue weighted by atomic mass is 35.5. The predicted octanol–water partition coefficient (Wildman–Crippen LogP) is 4.88. The Morgan fingerprint density at radius 3 is 2.28 bits per heavy atom. The van der Waals surface area contributed by atoms with Crippen LogP contribution in [-0.4, -0.2) is 26.7 Å². The van der Waals surface area contributed by atoms with E-state index in [9.17, 15) is 14.9 Å². The number of amides is 1. The molecule has 0 spiro atoms. The highest BCUT2D eigenvalue weighted by Crippen LogP contribution is 2.25. The second-order valence-corrected chi connectivity index (χ2v) is 7.55. The van der Waals surface area contributed by atoms with Crippen LogP contribution in [0.1, 0.15) is 31.3 Å². The molecule has 29 heavy (non-hydrogen) atoms. The molecule has 150 valence electrons. The van der Waals surface area contributed by atoms with Crippen LogP contribution >= 0.6 is 11.6 Å². The lowest BCUT2D eigenvalue weighted by atomic mass is 10.1. The van der Waals surface area contributed by atoms with Gasteiger partial charge in [0.25, 0.3) is 11.6 Å². The van der Waals surface area contributed by atoms with Crippen LogP contribution < -0.4 is 5.32 Å². The molecule has 7 nitrogen and oxygen atoms in total. The fraction of sp³-hybridized carbons (Fsp3) is 0.238. The van der Waals surface area contributed by atoms with Crippen molar-refractivity contribution in [2.45, 2.75) is 26.8 Å². The second-order valence-electron chi connectivity index (χ2n) is 7.11. The fourth-order valence-electron chi connectivity index (χ4n) is 2.66. The molecule has 3 rings (SSSR count). The number of halogens is 1. The number of non-ortho nitro benzene ring substituents is 1. The molecular weight excluding hydrogens is 392 g/mol. The fourth-order valence-corrected chi connectivity index (χ4v) is 2.79. The summed E-state index contributed by atoms with van der Waals surface area (Å²) in [6, 6.07) is 14.7. The number of nitro groups is 1. The summed E-state index contributed by atoms with van der Waals surface area (Å²) in [6.07, 6.45) is 0. The minimum Gasteiger partial charge on any atom is -0.348 e. The van der Waals surface area contributed by atoms with Gasteiger partial charge in [-0.1, -0.05) is 25.4 Å². The molecule has 0 aliphatic carbocycles. The quantitative estimate of drug-likeness (QED) is 0.461. The number of nitrogens with one attached hydrogen (secondary N) is 1. The van der Waals surface area contributed by atoms with E-state index in [1.165, 1.54) is 12.1 Å². The molecule has 1 N–H and O–H groups in total. The normalized spacial score (nSPS) is 12.0. The van der Waals surface area contributed by atoms with Gasteiger partial charge >= 0.3 is 0 Å². The molecule has 0 saturated heterocycles. The maximum atomic E-state index is 12.9. The van der Waals surface area contributed by atoms with Crippen molar-refractivity contribution in [3.8, 4) is 16.9 Å². The van der Waals surface area contributed by atoms with Crippen LogP contribution in [0.5, 0.6) is 0 Å². The molecule has 1 amide bonds. The molecule has 2 aromatic carbocycles. The molecule has 8 heteroatoms. The van der Waals surface area contributed by atoms with Gasteiger partial charge in [0.2, 0.25) is 0 Å². The topological polar surface area (TPSA) is 90.1 Å². The first-order valence-corrected chi connectivity index (χ1v) is 9.55. The Labute approximate surface area is 173 Å². The summed E-state index contributed by atoms with van der Waals surface area (Å²) in [4.78, 5) is 23.4. The molecule has 0 unspecified atom stereocenters. The second kappa shape index (κ2) is 8.45. The summed E-state index contributed by atoms with van der Waals surface area (Å²) in [6.45, 7) is 6.01. The zero-order valence-corrected chi connectivity index (χ0v) is 17.1. The highest BCUT2D eigenvalue weighted by molar-refractivity contribution is 6.30. The summed E-state index contributed by atoms with van der Waals surface area (Å²) >= 11 is 5.98. The van der Waals surface area contributed by atoms with Crippen LogP contribution in [0.4, 0.5) is 5.69 Å². The number of rotatable bonds is 6. The molecule has 0 fully saturated rings. The van der Waals surface area contributed by atoms with Crippen LogP contribution in [0, 0.1) is 16.0 Å². The highest BCUT2D eigenvalue weighted by Gasteiger charge is 2.20. The van der Waals surface area contributed by atoms with Crippen molar-refractivity contribution in [1.29, 1.82) is 0 Å². The lowest BCUT2D eigenvalue weighted by Crippen LogP contribution is -2.37. The Morgan fingerprint density at radius 2 is 1.72 bits per heavy atom. The number of carbonyl (C=O) groups excluding carboxylic acids is 1. The van der Waals surface area contributed by atoms with E-state index in [2.05, 4.69) is 10.4 Å². The molecule has 0 bridgehead atoms. The van der Waals surface area contributed by atoms with Gasteiger partial charge in [0.15, 0.2) is 0 Å². The average Bonchev–Trinajstić information content (AvgIpc) is 3.14. The third kappa shape index (κ3) is 4.63. The molecule has 1 atom stereocenters. The number of hydrogen-bond acceptors (Lipinski definition) is 4. The molecule has 3 aromatic rings. The SMILES string of the molecule is CC(C)[C@H](C)NC(=O)c1cc(-c2ccc([N+](=O)[O-])cc2)nn1-c1ccc(Cl)cc1. The molecule has 1 heterocycles. The van der Waals surface area contributed by atoms with Gasteiger partial charge < -0.3 is 5.32 Å². The molecule has 0 radical (unpaired) electrons. The average molecular weight is 413 g/mol. The predicted molar refractivity (Wildman–Crippen MR) is 112 cm³/mol. The van der Waals surface area contributed by atoms with Gasteiger partial charge in [-0.2, -0.15) is 5.10 Å². The minimum absolute atomic E-state index is 0.00499. The van der Waals surface area contributed by atoms with Crippen LogP contribution in [-0.2, 0) is 0 Å². The monoisotopic (exact) mass is 412 g/mol. The van der Waals surface area contributed by atoms with Crippen LogP contribution in [0.15, 0.2) is 54.6 Å². The number of nitro benzene ring substituents is 1. The van der Waals surface area contributed by atoms with E-state index in [1.54, 1.807) is 47.1 Å². The van der Waals surface area contributed by atoms with Gasteiger partial charge in [0, 0.05) is 28.8 Å². The molecule has 0 aliphatic heterocycles. The Hall–Kier alpha value is -3.19. The van der Waals surface area contributed by atoms with E-state index in [0.717, 1.165) is 0 Å². The van der Waals surface area contributed by atoms with Crippen LogP contribution in [0.25, 0.3) is 16.9 Å².